The number of carbonyl (C=O) groups excluding carboxylic acids is 1. The number of nitrogens with one attached hydrogen (secondary N) is 2. The molecule has 0 spiro atoms. The van der Waals surface area contributed by atoms with Crippen LogP contribution in [0.15, 0.2) is 28.7 Å². The topological polar surface area (TPSA) is 41.1 Å². The van der Waals surface area contributed by atoms with Gasteiger partial charge in [-0.3, -0.25) is 4.79 Å². The molecular weight excluding hydrogens is 304 g/mol. The first-order chi connectivity index (χ1) is 9.13. The Labute approximate surface area is 123 Å². The zero-order chi connectivity index (χ0) is 13.7. The first kappa shape index (κ1) is 14.5. The molecule has 0 aliphatic carbocycles. The Balaban J connectivity index is 1.75. The average Bonchev–Trinajstić information content (AvgIpc) is 2.84. The van der Waals surface area contributed by atoms with Gasteiger partial charge in [0.25, 0.3) is 0 Å². The molecule has 104 valence electrons. The summed E-state index contributed by atoms with van der Waals surface area (Å²) in [5.74, 6) is 0.156. The number of rotatable bonds is 5. The lowest BCUT2D eigenvalue weighted by molar-refractivity contribution is -0.122. The summed E-state index contributed by atoms with van der Waals surface area (Å²) >= 11 is 3.42. The van der Waals surface area contributed by atoms with Crippen LogP contribution in [0.3, 0.4) is 0 Å². The molecule has 1 amide bonds. The van der Waals surface area contributed by atoms with Gasteiger partial charge in [-0.25, -0.2) is 0 Å². The van der Waals surface area contributed by atoms with E-state index in [0.717, 1.165) is 23.9 Å². The maximum absolute atomic E-state index is 11.9. The molecule has 3 nitrogen and oxygen atoms in total. The molecule has 0 aromatic heterocycles. The Kier molecular flexibility index (Phi) is 5.40. The average molecular weight is 325 g/mol. The lowest BCUT2D eigenvalue weighted by Crippen LogP contribution is -2.37. The fourth-order valence-corrected chi connectivity index (χ4v) is 2.78. The zero-order valence-corrected chi connectivity index (χ0v) is 12.9. The molecule has 1 aliphatic heterocycles. The van der Waals surface area contributed by atoms with Gasteiger partial charge in [0.05, 0.1) is 0 Å². The first-order valence-electron chi connectivity index (χ1n) is 6.90. The summed E-state index contributed by atoms with van der Waals surface area (Å²) in [5, 5.41) is 6.43. The molecular formula is C15H21BrN2O. The SMILES string of the molecule is CC(Cc1ccc(Br)cc1)NC(=O)CC1CCCN1. The number of hydrogen-bond donors (Lipinski definition) is 2. The Morgan fingerprint density at radius 2 is 2.21 bits per heavy atom. The molecule has 4 heteroatoms. The highest BCUT2D eigenvalue weighted by molar-refractivity contribution is 9.10. The maximum Gasteiger partial charge on any atom is 0.221 e. The monoisotopic (exact) mass is 324 g/mol. The van der Waals surface area contributed by atoms with Crippen molar-refractivity contribution in [1.29, 1.82) is 0 Å². The summed E-state index contributed by atoms with van der Waals surface area (Å²) in [6.45, 7) is 3.11. The van der Waals surface area contributed by atoms with Gasteiger partial charge in [-0.2, -0.15) is 0 Å². The minimum atomic E-state index is 0.156. The van der Waals surface area contributed by atoms with Crippen molar-refractivity contribution in [2.45, 2.75) is 44.7 Å². The summed E-state index contributed by atoms with van der Waals surface area (Å²) in [6, 6.07) is 8.80. The molecule has 0 bridgehead atoms. The highest BCUT2D eigenvalue weighted by atomic mass is 79.9. The van der Waals surface area contributed by atoms with E-state index in [1.54, 1.807) is 0 Å². The number of hydrogen-bond acceptors (Lipinski definition) is 2. The van der Waals surface area contributed by atoms with Gasteiger partial charge in [0, 0.05) is 23.0 Å². The van der Waals surface area contributed by atoms with Crippen molar-refractivity contribution >= 4 is 21.8 Å². The summed E-state index contributed by atoms with van der Waals surface area (Å²) in [5.41, 5.74) is 1.25. The second-order valence-electron chi connectivity index (χ2n) is 5.30. The van der Waals surface area contributed by atoms with Crippen LogP contribution in [0.1, 0.15) is 31.7 Å². The van der Waals surface area contributed by atoms with Crippen LogP contribution in [0.25, 0.3) is 0 Å². The molecule has 1 aliphatic rings. The van der Waals surface area contributed by atoms with E-state index in [-0.39, 0.29) is 11.9 Å². The second-order valence-corrected chi connectivity index (χ2v) is 6.21. The van der Waals surface area contributed by atoms with Crippen LogP contribution in [0.2, 0.25) is 0 Å². The smallest absolute Gasteiger partial charge is 0.221 e. The molecule has 2 unspecified atom stereocenters. The molecule has 0 saturated carbocycles. The number of benzene rings is 1. The van der Waals surface area contributed by atoms with E-state index in [4.69, 9.17) is 0 Å². The van der Waals surface area contributed by atoms with Crippen LogP contribution in [-0.2, 0) is 11.2 Å². The van der Waals surface area contributed by atoms with Crippen molar-refractivity contribution in [2.75, 3.05) is 6.54 Å². The van der Waals surface area contributed by atoms with E-state index < -0.39 is 0 Å². The normalized spacial score (nSPS) is 20.2. The van der Waals surface area contributed by atoms with Crippen molar-refractivity contribution in [3.05, 3.63) is 34.3 Å². The van der Waals surface area contributed by atoms with Crippen molar-refractivity contribution < 1.29 is 4.79 Å². The van der Waals surface area contributed by atoms with Gasteiger partial charge in [-0.1, -0.05) is 28.1 Å². The van der Waals surface area contributed by atoms with Gasteiger partial charge in [0.2, 0.25) is 5.91 Å². The van der Waals surface area contributed by atoms with Gasteiger partial charge in [-0.15, -0.1) is 0 Å². The van der Waals surface area contributed by atoms with Crippen LogP contribution < -0.4 is 10.6 Å². The molecule has 1 aromatic carbocycles. The molecule has 2 rings (SSSR count). The van der Waals surface area contributed by atoms with Crippen molar-refractivity contribution in [3.8, 4) is 0 Å². The van der Waals surface area contributed by atoms with E-state index in [2.05, 4.69) is 45.6 Å². The Morgan fingerprint density at radius 3 is 2.84 bits per heavy atom. The number of halogens is 1. The van der Waals surface area contributed by atoms with E-state index >= 15 is 0 Å². The highest BCUT2D eigenvalue weighted by Gasteiger charge is 2.18. The minimum absolute atomic E-state index is 0.156. The van der Waals surface area contributed by atoms with Gasteiger partial charge in [-0.05, 0) is 50.4 Å². The first-order valence-corrected chi connectivity index (χ1v) is 7.70. The molecule has 1 heterocycles. The molecule has 2 atom stereocenters. The Morgan fingerprint density at radius 1 is 1.47 bits per heavy atom. The third kappa shape index (κ3) is 4.96. The summed E-state index contributed by atoms with van der Waals surface area (Å²) in [7, 11) is 0. The third-order valence-electron chi connectivity index (χ3n) is 3.46. The standard InChI is InChI=1S/C15H21BrN2O/c1-11(9-12-4-6-13(16)7-5-12)18-15(19)10-14-3-2-8-17-14/h4-7,11,14,17H,2-3,8-10H2,1H3,(H,18,19). The number of amides is 1. The summed E-state index contributed by atoms with van der Waals surface area (Å²) in [6.07, 6.45) is 3.78. The van der Waals surface area contributed by atoms with Crippen LogP contribution in [0, 0.1) is 0 Å². The van der Waals surface area contributed by atoms with Crippen molar-refractivity contribution in [3.63, 3.8) is 0 Å². The van der Waals surface area contributed by atoms with Gasteiger partial charge in [0.1, 0.15) is 0 Å². The lowest BCUT2D eigenvalue weighted by Gasteiger charge is -2.16. The second kappa shape index (κ2) is 7.06. The highest BCUT2D eigenvalue weighted by Crippen LogP contribution is 2.12. The predicted molar refractivity (Wildman–Crippen MR) is 81.1 cm³/mol. The molecule has 0 radical (unpaired) electrons. The molecule has 1 saturated heterocycles. The maximum atomic E-state index is 11.9. The Bertz CT molecular complexity index is 413. The van der Waals surface area contributed by atoms with Crippen LogP contribution in [0.5, 0.6) is 0 Å². The summed E-state index contributed by atoms with van der Waals surface area (Å²) in [4.78, 5) is 11.9. The van der Waals surface area contributed by atoms with Gasteiger partial charge < -0.3 is 10.6 Å². The van der Waals surface area contributed by atoms with E-state index in [1.165, 1.54) is 12.0 Å². The molecule has 1 aromatic rings. The Hall–Kier alpha value is -0.870. The fraction of sp³-hybridized carbons (Fsp3) is 0.533. The number of carbonyl (C=O) groups is 1. The van der Waals surface area contributed by atoms with Crippen LogP contribution in [0.4, 0.5) is 0 Å². The van der Waals surface area contributed by atoms with Crippen LogP contribution >= 0.6 is 15.9 Å². The quantitative estimate of drug-likeness (QED) is 0.874. The lowest BCUT2D eigenvalue weighted by atomic mass is 10.1. The fourth-order valence-electron chi connectivity index (χ4n) is 2.51. The van der Waals surface area contributed by atoms with E-state index in [9.17, 15) is 4.79 Å². The molecule has 2 N–H and O–H groups in total. The van der Waals surface area contributed by atoms with Gasteiger partial charge in [0.15, 0.2) is 0 Å². The minimum Gasteiger partial charge on any atom is -0.353 e. The van der Waals surface area contributed by atoms with Gasteiger partial charge >= 0.3 is 0 Å². The predicted octanol–water partition coefficient (Wildman–Crippen LogP) is 2.64. The van der Waals surface area contributed by atoms with Crippen molar-refractivity contribution in [1.82, 2.24) is 10.6 Å². The van der Waals surface area contributed by atoms with Crippen LogP contribution in [-0.4, -0.2) is 24.5 Å². The molecule has 1 fully saturated rings. The van der Waals surface area contributed by atoms with E-state index in [0.29, 0.717) is 12.5 Å². The van der Waals surface area contributed by atoms with E-state index in [1.807, 2.05) is 12.1 Å². The summed E-state index contributed by atoms with van der Waals surface area (Å²) < 4.78 is 1.08. The largest absolute Gasteiger partial charge is 0.353 e. The zero-order valence-electron chi connectivity index (χ0n) is 11.3. The molecule has 19 heavy (non-hydrogen) atoms. The third-order valence-corrected chi connectivity index (χ3v) is 3.99. The van der Waals surface area contributed by atoms with Crippen molar-refractivity contribution in [2.24, 2.45) is 0 Å².